The van der Waals surface area contributed by atoms with Crippen LogP contribution in [-0.4, -0.2) is 6.71 Å². The summed E-state index contributed by atoms with van der Waals surface area (Å²) in [5, 5.41) is 1.50. The van der Waals surface area contributed by atoms with Crippen molar-refractivity contribution >= 4 is 78.0 Å². The molecule has 5 aromatic carbocycles. The van der Waals surface area contributed by atoms with E-state index in [-0.39, 0.29) is 44.6 Å². The Morgan fingerprint density at radius 2 is 1.03 bits per heavy atom. The Morgan fingerprint density at radius 3 is 1.62 bits per heavy atom. The number of hydrogen-bond acceptors (Lipinski definition) is 3. The van der Waals surface area contributed by atoms with E-state index in [4.69, 9.17) is 0 Å². The van der Waals surface area contributed by atoms with Gasteiger partial charge in [-0.1, -0.05) is 122 Å². The number of thiophene rings is 1. The van der Waals surface area contributed by atoms with Crippen molar-refractivity contribution in [1.82, 2.24) is 0 Å². The molecule has 2 nitrogen and oxygen atoms in total. The quantitative estimate of drug-likeness (QED) is 0.152. The molecule has 4 heterocycles. The fourth-order valence-corrected chi connectivity index (χ4v) is 15.4. The summed E-state index contributed by atoms with van der Waals surface area (Å²) < 4.78 is 2.98. The van der Waals surface area contributed by atoms with Crippen LogP contribution in [0.5, 0.6) is 0 Å². The van der Waals surface area contributed by atoms with Gasteiger partial charge in [-0.2, -0.15) is 0 Å². The highest BCUT2D eigenvalue weighted by molar-refractivity contribution is 7.34. The molecule has 0 saturated heterocycles. The Labute approximate surface area is 401 Å². The first kappa shape index (κ1) is 43.0. The molecule has 0 unspecified atom stereocenters. The molecule has 0 atom stereocenters. The molecule has 340 valence electrons. The number of rotatable bonds is 1. The van der Waals surface area contributed by atoms with Crippen LogP contribution in [0.25, 0.3) is 21.2 Å². The maximum atomic E-state index is 2.81. The second-order valence-corrected chi connectivity index (χ2v) is 28.2. The Morgan fingerprint density at radius 1 is 0.515 bits per heavy atom. The number of hydrogen-bond donors (Lipinski definition) is 0. The van der Waals surface area contributed by atoms with Gasteiger partial charge >= 0.3 is 0 Å². The highest BCUT2D eigenvalue weighted by Gasteiger charge is 2.51. The molecule has 6 aliphatic rings. The average molecular weight is 889 g/mol. The normalized spacial score (nSPS) is 21.4. The van der Waals surface area contributed by atoms with Gasteiger partial charge < -0.3 is 9.80 Å². The smallest absolute Gasteiger partial charge is 0.264 e. The standard InChI is InChI=1S/C62H73BN2S/c1-34-26-47-53-48(27-34)65-46-32-41-39(58(8,9)21-23-60(41,12)13)30-37(46)50-51-49(33-42-52(50)62(16,17)25-24-61(42,14)15)66-55(54(51)65)63(53)43-29-36(56(3,4)5)18-19-44(43)64(47)45-31-40-38(28-35(45)2)57(6,7)20-22-59(40,10)11/h18-19,26-33H,20-25H2,1-17H3. The lowest BCUT2D eigenvalue weighted by Crippen LogP contribution is -2.61. The Balaban J connectivity index is 1.24. The number of fused-ring (bicyclic) bond motifs is 11. The van der Waals surface area contributed by atoms with Crippen molar-refractivity contribution in [2.24, 2.45) is 0 Å². The Bertz CT molecular complexity index is 3170. The molecule has 0 radical (unpaired) electrons. The summed E-state index contributed by atoms with van der Waals surface area (Å²) in [6.45, 7) is 42.1. The van der Waals surface area contributed by atoms with Crippen molar-refractivity contribution in [3.63, 3.8) is 0 Å². The molecule has 0 spiro atoms. The first-order valence-electron chi connectivity index (χ1n) is 25.5. The zero-order chi connectivity index (χ0) is 47.0. The molecule has 0 saturated carbocycles. The minimum Gasteiger partial charge on any atom is -0.311 e. The fourth-order valence-electron chi connectivity index (χ4n) is 14.1. The van der Waals surface area contributed by atoms with Gasteiger partial charge in [0.25, 0.3) is 6.71 Å². The van der Waals surface area contributed by atoms with E-state index in [9.17, 15) is 0 Å². The van der Waals surface area contributed by atoms with Crippen LogP contribution in [0.4, 0.5) is 34.1 Å². The van der Waals surface area contributed by atoms with Crippen molar-refractivity contribution in [2.45, 2.75) is 194 Å². The Hall–Kier alpha value is -4.28. The van der Waals surface area contributed by atoms with Crippen LogP contribution in [0.1, 0.15) is 192 Å². The van der Waals surface area contributed by atoms with Crippen molar-refractivity contribution in [3.05, 3.63) is 111 Å². The van der Waals surface area contributed by atoms with Gasteiger partial charge in [-0.3, -0.25) is 0 Å². The van der Waals surface area contributed by atoms with E-state index in [1.807, 2.05) is 0 Å². The van der Waals surface area contributed by atoms with Crippen molar-refractivity contribution in [3.8, 4) is 11.1 Å². The fraction of sp³-hybridized carbons (Fsp3) is 0.484. The number of nitrogens with zero attached hydrogens (tertiary/aromatic N) is 2. The molecule has 0 N–H and O–H groups in total. The lowest BCUT2D eigenvalue weighted by molar-refractivity contribution is 0.331. The van der Waals surface area contributed by atoms with E-state index in [1.165, 1.54) is 132 Å². The summed E-state index contributed by atoms with van der Waals surface area (Å²) in [5.74, 6) is 0. The van der Waals surface area contributed by atoms with Crippen LogP contribution in [-0.2, 0) is 37.9 Å². The van der Waals surface area contributed by atoms with E-state index in [0.29, 0.717) is 0 Å². The summed E-state index contributed by atoms with van der Waals surface area (Å²) in [6, 6.07) is 26.0. The van der Waals surface area contributed by atoms with E-state index in [1.54, 1.807) is 27.8 Å². The van der Waals surface area contributed by atoms with Crippen LogP contribution >= 0.6 is 11.3 Å². The van der Waals surface area contributed by atoms with Gasteiger partial charge in [0, 0.05) is 43.2 Å². The van der Waals surface area contributed by atoms with Gasteiger partial charge in [-0.15, -0.1) is 11.3 Å². The minimum absolute atomic E-state index is 0.00468. The van der Waals surface area contributed by atoms with Gasteiger partial charge in [-0.05, 0) is 199 Å². The maximum absolute atomic E-state index is 2.81. The van der Waals surface area contributed by atoms with Gasteiger partial charge in [-0.25, -0.2) is 0 Å². The summed E-state index contributed by atoms with van der Waals surface area (Å²) in [5.41, 5.74) is 28.1. The molecule has 6 aromatic rings. The molecule has 66 heavy (non-hydrogen) atoms. The molecule has 0 bridgehead atoms. The van der Waals surface area contributed by atoms with Gasteiger partial charge in [0.2, 0.25) is 0 Å². The largest absolute Gasteiger partial charge is 0.311 e. The van der Waals surface area contributed by atoms with Gasteiger partial charge in [0.15, 0.2) is 0 Å². The molecule has 0 amide bonds. The topological polar surface area (TPSA) is 6.48 Å². The van der Waals surface area contributed by atoms with Gasteiger partial charge in [0.05, 0.1) is 11.4 Å². The van der Waals surface area contributed by atoms with Crippen LogP contribution < -0.4 is 25.5 Å². The summed E-state index contributed by atoms with van der Waals surface area (Å²) in [4.78, 5) is 5.53. The molecule has 0 fully saturated rings. The number of aryl methyl sites for hydroxylation is 2. The number of anilines is 6. The van der Waals surface area contributed by atoms with Crippen LogP contribution in [0.15, 0.2) is 60.7 Å². The van der Waals surface area contributed by atoms with E-state index < -0.39 is 0 Å². The molecule has 3 aliphatic carbocycles. The molecular formula is C62H73BN2S. The van der Waals surface area contributed by atoms with E-state index >= 15 is 0 Å². The number of benzene rings is 5. The van der Waals surface area contributed by atoms with Crippen LogP contribution in [0, 0.1) is 13.8 Å². The SMILES string of the molecule is Cc1cc2c3c(c1)N1c4cc5c(cc4-c4c6c(cc7sc(c1c47)B3c1cc(C(C)(C)C)ccc1N2c1cc2c(cc1C)C(C)(C)CCC2(C)C)C(C)(C)CCC6(C)C)C(C)(C)CCC5(C)C. The van der Waals surface area contributed by atoms with Crippen LogP contribution in [0.2, 0.25) is 0 Å². The lowest BCUT2D eigenvalue weighted by atomic mass is 9.35. The highest BCUT2D eigenvalue weighted by Crippen LogP contribution is 2.63. The highest BCUT2D eigenvalue weighted by atomic mass is 32.1. The first-order valence-corrected chi connectivity index (χ1v) is 26.3. The monoisotopic (exact) mass is 889 g/mol. The third kappa shape index (κ3) is 5.60. The average Bonchev–Trinajstić information content (AvgIpc) is 3.61. The van der Waals surface area contributed by atoms with Gasteiger partial charge in [0.1, 0.15) is 0 Å². The molecule has 12 rings (SSSR count). The summed E-state index contributed by atoms with van der Waals surface area (Å²) >= 11 is 2.11. The predicted molar refractivity (Wildman–Crippen MR) is 289 cm³/mol. The van der Waals surface area contributed by atoms with E-state index in [0.717, 1.165) is 0 Å². The summed E-state index contributed by atoms with van der Waals surface area (Å²) in [6.07, 6.45) is 7.23. The zero-order valence-electron chi connectivity index (χ0n) is 43.4. The second kappa shape index (κ2) is 12.9. The third-order valence-corrected chi connectivity index (χ3v) is 19.8. The van der Waals surface area contributed by atoms with Crippen LogP contribution in [0.3, 0.4) is 0 Å². The molecular weight excluding hydrogens is 816 g/mol. The minimum atomic E-state index is 0.00468. The molecule has 1 aromatic heterocycles. The summed E-state index contributed by atoms with van der Waals surface area (Å²) in [7, 11) is 0. The van der Waals surface area contributed by atoms with Crippen molar-refractivity contribution < 1.29 is 0 Å². The molecule has 3 aliphatic heterocycles. The lowest BCUT2D eigenvalue weighted by Gasteiger charge is -2.49. The zero-order valence-corrected chi connectivity index (χ0v) is 44.2. The first-order chi connectivity index (χ1) is 30.6. The Kier molecular flexibility index (Phi) is 8.39. The van der Waals surface area contributed by atoms with E-state index in [2.05, 4.69) is 200 Å². The molecule has 4 heteroatoms. The third-order valence-electron chi connectivity index (χ3n) is 18.6. The maximum Gasteiger partial charge on any atom is 0.264 e. The van der Waals surface area contributed by atoms with Crippen molar-refractivity contribution in [1.29, 1.82) is 0 Å². The second-order valence-electron chi connectivity index (χ2n) is 27.1. The predicted octanol–water partition coefficient (Wildman–Crippen LogP) is 15.9. The van der Waals surface area contributed by atoms with Crippen molar-refractivity contribution in [2.75, 3.05) is 9.80 Å².